The number of H-pyrrole nitrogens is 1. The zero-order chi connectivity index (χ0) is 16.9. The fourth-order valence-corrected chi connectivity index (χ4v) is 3.16. The second-order valence-electron chi connectivity index (χ2n) is 6.00. The summed E-state index contributed by atoms with van der Waals surface area (Å²) < 4.78 is 45.4. The molecule has 3 heterocycles. The second kappa shape index (κ2) is 5.34. The van der Waals surface area contributed by atoms with Crippen LogP contribution < -0.4 is 0 Å². The van der Waals surface area contributed by atoms with E-state index in [2.05, 4.69) is 16.0 Å². The summed E-state index contributed by atoms with van der Waals surface area (Å²) in [5.41, 5.74) is 2.54. The molecular formula is C18H15F3N2O. The number of aromatic nitrogens is 2. The van der Waals surface area contributed by atoms with Gasteiger partial charge in [-0.25, -0.2) is 4.98 Å². The van der Waals surface area contributed by atoms with Crippen molar-refractivity contribution in [2.75, 3.05) is 13.2 Å². The lowest BCUT2D eigenvalue weighted by Crippen LogP contribution is -2.07. The summed E-state index contributed by atoms with van der Waals surface area (Å²) in [6.07, 6.45) is -1.51. The molecule has 0 amide bonds. The Labute approximate surface area is 136 Å². The minimum atomic E-state index is -4.40. The average Bonchev–Trinajstić information content (AvgIpc) is 2.99. The van der Waals surface area contributed by atoms with Gasteiger partial charge in [0.25, 0.3) is 0 Å². The third-order valence-corrected chi connectivity index (χ3v) is 4.25. The molecule has 124 valence electrons. The second-order valence-corrected chi connectivity index (χ2v) is 6.00. The van der Waals surface area contributed by atoms with E-state index >= 15 is 0 Å². The van der Waals surface area contributed by atoms with Gasteiger partial charge in [-0.1, -0.05) is 18.2 Å². The lowest BCUT2D eigenvalue weighted by atomic mass is 10.1. The van der Waals surface area contributed by atoms with Crippen LogP contribution >= 0.6 is 0 Å². The summed E-state index contributed by atoms with van der Waals surface area (Å²) in [5.74, 6) is 0. The van der Waals surface area contributed by atoms with Crippen molar-refractivity contribution in [1.29, 1.82) is 0 Å². The van der Waals surface area contributed by atoms with Crippen molar-refractivity contribution in [3.05, 3.63) is 47.3 Å². The number of benzene rings is 1. The van der Waals surface area contributed by atoms with Gasteiger partial charge in [0.1, 0.15) is 0 Å². The topological polar surface area (TPSA) is 37.9 Å². The lowest BCUT2D eigenvalue weighted by molar-refractivity contribution is -0.136. The van der Waals surface area contributed by atoms with Gasteiger partial charge in [0.15, 0.2) is 0 Å². The van der Waals surface area contributed by atoms with E-state index in [1.54, 1.807) is 13.0 Å². The van der Waals surface area contributed by atoms with E-state index < -0.39 is 11.7 Å². The van der Waals surface area contributed by atoms with Crippen LogP contribution in [0, 0.1) is 6.92 Å². The fourth-order valence-electron chi connectivity index (χ4n) is 3.16. The van der Waals surface area contributed by atoms with Gasteiger partial charge in [0, 0.05) is 16.5 Å². The zero-order valence-electron chi connectivity index (χ0n) is 13.0. The highest BCUT2D eigenvalue weighted by Crippen LogP contribution is 2.37. The van der Waals surface area contributed by atoms with Crippen LogP contribution in [0.25, 0.3) is 27.4 Å². The van der Waals surface area contributed by atoms with Crippen molar-refractivity contribution in [3.8, 4) is 0 Å². The Morgan fingerprint density at radius 1 is 1.21 bits per heavy atom. The van der Waals surface area contributed by atoms with Crippen LogP contribution in [0.2, 0.25) is 0 Å². The minimum Gasteiger partial charge on any atom is -0.376 e. The first kappa shape index (κ1) is 15.2. The number of pyridine rings is 1. The summed E-state index contributed by atoms with van der Waals surface area (Å²) in [6.45, 7) is 2.79. The summed E-state index contributed by atoms with van der Waals surface area (Å²) in [7, 11) is 0. The van der Waals surface area contributed by atoms with Crippen molar-refractivity contribution in [3.63, 3.8) is 0 Å². The Morgan fingerprint density at radius 2 is 2.04 bits per heavy atom. The molecule has 1 aromatic carbocycles. The molecule has 4 rings (SSSR count). The maximum atomic E-state index is 13.3. The van der Waals surface area contributed by atoms with E-state index in [9.17, 15) is 13.2 Å². The molecule has 2 aromatic heterocycles. The molecule has 0 saturated carbocycles. The SMILES string of the molecule is Cc1cc(C(F)(F)F)c2ccc3cc(C4=CCCOC4)nc3c2[nH]1. The predicted molar refractivity (Wildman–Crippen MR) is 86.8 cm³/mol. The number of halogens is 3. The average molecular weight is 332 g/mol. The number of alkyl halides is 3. The van der Waals surface area contributed by atoms with Crippen molar-refractivity contribution >= 4 is 27.4 Å². The third kappa shape index (κ3) is 2.47. The van der Waals surface area contributed by atoms with Crippen LogP contribution in [0.1, 0.15) is 23.4 Å². The Morgan fingerprint density at radius 3 is 2.75 bits per heavy atom. The van der Waals surface area contributed by atoms with E-state index in [1.165, 1.54) is 6.07 Å². The molecule has 0 bridgehead atoms. The number of aromatic amines is 1. The van der Waals surface area contributed by atoms with E-state index in [-0.39, 0.29) is 5.39 Å². The van der Waals surface area contributed by atoms with Crippen molar-refractivity contribution in [1.82, 2.24) is 9.97 Å². The van der Waals surface area contributed by atoms with Gasteiger partial charge < -0.3 is 9.72 Å². The van der Waals surface area contributed by atoms with Crippen LogP contribution in [0.5, 0.6) is 0 Å². The molecule has 24 heavy (non-hydrogen) atoms. The number of hydrogen-bond donors (Lipinski definition) is 1. The Balaban J connectivity index is 1.99. The van der Waals surface area contributed by atoms with Gasteiger partial charge in [-0.3, -0.25) is 0 Å². The normalized spacial score (nSPS) is 15.9. The van der Waals surface area contributed by atoms with Crippen LogP contribution in [0.3, 0.4) is 0 Å². The highest BCUT2D eigenvalue weighted by atomic mass is 19.4. The lowest BCUT2D eigenvalue weighted by Gasteiger charge is -2.12. The molecule has 0 atom stereocenters. The quantitative estimate of drug-likeness (QED) is 0.692. The smallest absolute Gasteiger partial charge is 0.376 e. The minimum absolute atomic E-state index is 0.138. The number of nitrogens with one attached hydrogen (secondary N) is 1. The van der Waals surface area contributed by atoms with Crippen LogP contribution in [-0.2, 0) is 10.9 Å². The number of hydrogen-bond acceptors (Lipinski definition) is 2. The largest absolute Gasteiger partial charge is 0.417 e. The highest BCUT2D eigenvalue weighted by molar-refractivity contribution is 6.05. The molecule has 1 aliphatic rings. The van der Waals surface area contributed by atoms with Crippen molar-refractivity contribution in [2.45, 2.75) is 19.5 Å². The summed E-state index contributed by atoms with van der Waals surface area (Å²) in [5, 5.41) is 0.957. The molecule has 1 N–H and O–H groups in total. The van der Waals surface area contributed by atoms with E-state index in [4.69, 9.17) is 4.74 Å². The molecule has 0 unspecified atom stereocenters. The molecular weight excluding hydrogens is 317 g/mol. The van der Waals surface area contributed by atoms with Crippen LogP contribution in [0.15, 0.2) is 30.3 Å². The maximum absolute atomic E-state index is 13.3. The number of rotatable bonds is 1. The molecule has 3 nitrogen and oxygen atoms in total. The standard InChI is InChI=1S/C18H15F3N2O/c1-10-7-14(18(19,20)21)13-5-4-11-8-15(12-3-2-6-24-9-12)23-16(11)17(13)22-10/h3-5,7-8,22H,2,6,9H2,1H3. The summed E-state index contributed by atoms with van der Waals surface area (Å²) in [4.78, 5) is 7.63. The number of ether oxygens (including phenoxy) is 1. The summed E-state index contributed by atoms with van der Waals surface area (Å²) >= 11 is 0. The van der Waals surface area contributed by atoms with Gasteiger partial charge in [0.05, 0.1) is 35.5 Å². The first-order valence-corrected chi connectivity index (χ1v) is 7.71. The summed E-state index contributed by atoms with van der Waals surface area (Å²) in [6, 6.07) is 6.23. The van der Waals surface area contributed by atoms with Gasteiger partial charge in [-0.05, 0) is 31.1 Å². The molecule has 3 aromatic rings. The van der Waals surface area contributed by atoms with E-state index in [1.807, 2.05) is 6.07 Å². The molecule has 0 saturated heterocycles. The third-order valence-electron chi connectivity index (χ3n) is 4.25. The Kier molecular flexibility index (Phi) is 3.38. The maximum Gasteiger partial charge on any atom is 0.417 e. The fraction of sp³-hybridized carbons (Fsp3) is 0.278. The highest BCUT2D eigenvalue weighted by Gasteiger charge is 2.33. The monoisotopic (exact) mass is 332 g/mol. The molecule has 0 fully saturated rings. The molecule has 0 aliphatic carbocycles. The van der Waals surface area contributed by atoms with Crippen LogP contribution in [-0.4, -0.2) is 23.2 Å². The predicted octanol–water partition coefficient (Wildman–Crippen LogP) is 4.85. The Hall–Kier alpha value is -2.34. The van der Waals surface area contributed by atoms with Gasteiger partial charge in [-0.15, -0.1) is 0 Å². The molecule has 0 spiro atoms. The van der Waals surface area contributed by atoms with Crippen molar-refractivity contribution in [2.24, 2.45) is 0 Å². The number of fused-ring (bicyclic) bond motifs is 3. The van der Waals surface area contributed by atoms with Crippen molar-refractivity contribution < 1.29 is 17.9 Å². The van der Waals surface area contributed by atoms with Gasteiger partial charge in [0.2, 0.25) is 0 Å². The first-order valence-electron chi connectivity index (χ1n) is 7.71. The van der Waals surface area contributed by atoms with Gasteiger partial charge in [-0.2, -0.15) is 13.2 Å². The molecule has 1 aliphatic heterocycles. The molecule has 0 radical (unpaired) electrons. The molecule has 6 heteroatoms. The van der Waals surface area contributed by atoms with E-state index in [0.717, 1.165) is 29.1 Å². The van der Waals surface area contributed by atoms with Gasteiger partial charge >= 0.3 is 6.18 Å². The number of nitrogens with zero attached hydrogens (tertiary/aromatic N) is 1. The first-order chi connectivity index (χ1) is 11.4. The zero-order valence-corrected chi connectivity index (χ0v) is 13.0. The van der Waals surface area contributed by atoms with E-state index in [0.29, 0.717) is 29.9 Å². The van der Waals surface area contributed by atoms with Crippen LogP contribution in [0.4, 0.5) is 13.2 Å². The Bertz CT molecular complexity index is 970. The number of aryl methyl sites for hydroxylation is 1.